The van der Waals surface area contributed by atoms with E-state index in [0.717, 1.165) is 51.4 Å². The third kappa shape index (κ3) is 43.4. The Morgan fingerprint density at radius 1 is 0.576 bits per heavy atom. The molecule has 0 aromatic carbocycles. The fourth-order valence-corrected chi connectivity index (χ4v) is 8.28. The van der Waals surface area contributed by atoms with Crippen molar-refractivity contribution in [3.8, 4) is 0 Å². The zero-order valence-electron chi connectivity index (χ0n) is 38.6. The van der Waals surface area contributed by atoms with Crippen LogP contribution in [-0.4, -0.2) is 59.0 Å². The maximum Gasteiger partial charge on any atom is 0.472 e. The highest BCUT2D eigenvalue weighted by molar-refractivity contribution is 7.47. The van der Waals surface area contributed by atoms with Gasteiger partial charge in [-0.15, -0.1) is 0 Å². The van der Waals surface area contributed by atoms with Crippen molar-refractivity contribution >= 4 is 13.7 Å². The normalized spacial score (nSPS) is 14.6. The molecule has 350 valence electrons. The van der Waals surface area contributed by atoms with E-state index < -0.39 is 38.6 Å². The molecule has 0 saturated carbocycles. The van der Waals surface area contributed by atoms with Crippen LogP contribution in [0.25, 0.3) is 0 Å². The molecule has 4 unspecified atom stereocenters. The van der Waals surface area contributed by atoms with Gasteiger partial charge in [-0.05, 0) is 44.9 Å². The Morgan fingerprint density at radius 2 is 0.949 bits per heavy atom. The van der Waals surface area contributed by atoms with Crippen LogP contribution >= 0.6 is 7.82 Å². The molecule has 59 heavy (non-hydrogen) atoms. The molecule has 0 spiro atoms. The molecule has 0 aliphatic rings. The summed E-state index contributed by atoms with van der Waals surface area (Å²) >= 11 is 0. The van der Waals surface area contributed by atoms with Gasteiger partial charge in [0.25, 0.3) is 0 Å². The van der Waals surface area contributed by atoms with Crippen molar-refractivity contribution in [2.75, 3.05) is 19.8 Å². The number of allylic oxidation sites excluding steroid dienone is 3. The molecule has 0 rings (SSSR count). The van der Waals surface area contributed by atoms with Crippen LogP contribution in [0.3, 0.4) is 0 Å². The van der Waals surface area contributed by atoms with Crippen LogP contribution in [0, 0.1) is 0 Å². The lowest BCUT2D eigenvalue weighted by Gasteiger charge is -2.24. The van der Waals surface area contributed by atoms with Crippen LogP contribution in [0.1, 0.15) is 245 Å². The van der Waals surface area contributed by atoms with Gasteiger partial charge in [-0.1, -0.05) is 218 Å². The van der Waals surface area contributed by atoms with Crippen molar-refractivity contribution in [2.24, 2.45) is 5.73 Å². The van der Waals surface area contributed by atoms with Crippen molar-refractivity contribution in [2.45, 2.75) is 263 Å². The number of phosphoric ester groups is 1. The van der Waals surface area contributed by atoms with Gasteiger partial charge >= 0.3 is 7.82 Å². The first-order valence-corrected chi connectivity index (χ1v) is 26.5. The van der Waals surface area contributed by atoms with Crippen LogP contribution in [0.15, 0.2) is 24.3 Å². The number of amides is 1. The Kier molecular flexibility index (Phi) is 44.2. The predicted molar refractivity (Wildman–Crippen MR) is 251 cm³/mol. The first kappa shape index (κ1) is 57.9. The number of hydrogen-bond acceptors (Lipinski definition) is 7. The Balaban J connectivity index is 4.23. The minimum absolute atomic E-state index is 0.0492. The second-order valence-corrected chi connectivity index (χ2v) is 18.7. The van der Waals surface area contributed by atoms with Gasteiger partial charge in [0.15, 0.2) is 0 Å². The van der Waals surface area contributed by atoms with Gasteiger partial charge in [0.2, 0.25) is 5.91 Å². The number of phosphoric acid groups is 1. The second-order valence-electron chi connectivity index (χ2n) is 17.2. The Labute approximate surface area is 364 Å². The van der Waals surface area contributed by atoms with Crippen LogP contribution < -0.4 is 11.1 Å². The minimum Gasteiger partial charge on any atom is -0.393 e. The Bertz CT molecular complexity index is 997. The van der Waals surface area contributed by atoms with E-state index in [-0.39, 0.29) is 19.6 Å². The third-order valence-electron chi connectivity index (χ3n) is 11.3. The van der Waals surface area contributed by atoms with E-state index in [0.29, 0.717) is 6.42 Å². The van der Waals surface area contributed by atoms with Crippen molar-refractivity contribution in [1.29, 1.82) is 0 Å². The fourth-order valence-electron chi connectivity index (χ4n) is 7.53. The number of carbonyl (C=O) groups excluding carboxylic acids is 1. The lowest BCUT2D eigenvalue weighted by atomic mass is 10.0. The van der Waals surface area contributed by atoms with Gasteiger partial charge < -0.3 is 26.2 Å². The Hall–Kier alpha value is -1.06. The first-order chi connectivity index (χ1) is 28.8. The largest absolute Gasteiger partial charge is 0.472 e. The van der Waals surface area contributed by atoms with Gasteiger partial charge in [0, 0.05) is 6.54 Å². The highest BCUT2D eigenvalue weighted by Crippen LogP contribution is 2.43. The molecule has 0 aromatic rings. The fraction of sp³-hybridized carbons (Fsp3) is 0.898. The van der Waals surface area contributed by atoms with Gasteiger partial charge in [0.05, 0.1) is 37.9 Å². The third-order valence-corrected chi connectivity index (χ3v) is 12.3. The molecular weight excluding hydrogens is 760 g/mol. The molecule has 0 radical (unpaired) electrons. The number of rotatable bonds is 47. The number of nitrogens with one attached hydrogen (secondary N) is 1. The zero-order valence-corrected chi connectivity index (χ0v) is 39.5. The van der Waals surface area contributed by atoms with Gasteiger partial charge in [0.1, 0.15) is 0 Å². The maximum atomic E-state index is 12.9. The van der Waals surface area contributed by atoms with E-state index in [2.05, 4.69) is 31.3 Å². The summed E-state index contributed by atoms with van der Waals surface area (Å²) in [5.41, 5.74) is 5.38. The standard InChI is InChI=1S/C49H97N2O7P/c1-3-5-7-9-11-13-15-17-19-21-23-25-27-29-31-33-35-37-39-41-48(53)47(45-58-59(55,56)57-43-42-50)51-49(54)44-46(52)40-38-36-34-32-30-28-26-24-22-20-18-16-14-12-10-8-6-4-2/h24,26,39,41,46-48,52-53H,3-23,25,27-38,40,42-45,50H2,1-2H3,(H,51,54)(H,55,56)/b26-24-,41-39+. The number of unbranched alkanes of at least 4 members (excludes halogenated alkanes) is 31. The van der Waals surface area contributed by atoms with Crippen molar-refractivity contribution in [3.63, 3.8) is 0 Å². The van der Waals surface area contributed by atoms with E-state index in [9.17, 15) is 24.5 Å². The SMILES string of the molecule is CCCCCCCCCCC/C=C\CCCCCCCC(O)CC(=O)NC(COP(=O)(O)OCCN)C(O)/C=C/CCCCCCCCCCCCCCCCCCC. The molecule has 0 heterocycles. The molecule has 9 nitrogen and oxygen atoms in total. The smallest absolute Gasteiger partial charge is 0.393 e. The topological polar surface area (TPSA) is 151 Å². The lowest BCUT2D eigenvalue weighted by Crippen LogP contribution is -2.46. The highest BCUT2D eigenvalue weighted by atomic mass is 31.2. The zero-order chi connectivity index (χ0) is 43.3. The van der Waals surface area contributed by atoms with Crippen molar-refractivity contribution < 1.29 is 33.5 Å². The molecule has 0 aromatic heterocycles. The molecule has 4 atom stereocenters. The van der Waals surface area contributed by atoms with Crippen LogP contribution in [0.4, 0.5) is 0 Å². The first-order valence-electron chi connectivity index (χ1n) is 25.0. The number of aliphatic hydroxyl groups is 2. The summed E-state index contributed by atoms with van der Waals surface area (Å²) in [6.45, 7) is 4.00. The van der Waals surface area contributed by atoms with E-state index >= 15 is 0 Å². The summed E-state index contributed by atoms with van der Waals surface area (Å²) in [5.74, 6) is -0.448. The van der Waals surface area contributed by atoms with Gasteiger partial charge in [-0.2, -0.15) is 0 Å². The minimum atomic E-state index is -4.40. The molecule has 0 bridgehead atoms. The number of nitrogens with two attached hydrogens (primary N) is 1. The summed E-state index contributed by atoms with van der Waals surface area (Å²) < 4.78 is 22.2. The van der Waals surface area contributed by atoms with E-state index in [1.807, 2.05) is 6.08 Å². The molecule has 0 aliphatic heterocycles. The van der Waals surface area contributed by atoms with Gasteiger partial charge in [-0.3, -0.25) is 13.8 Å². The highest BCUT2D eigenvalue weighted by Gasteiger charge is 2.27. The van der Waals surface area contributed by atoms with Crippen molar-refractivity contribution in [1.82, 2.24) is 5.32 Å². The Morgan fingerprint density at radius 3 is 1.36 bits per heavy atom. The number of hydrogen-bond donors (Lipinski definition) is 5. The average Bonchev–Trinajstić information content (AvgIpc) is 3.21. The summed E-state index contributed by atoms with van der Waals surface area (Å²) in [6, 6.07) is -0.984. The van der Waals surface area contributed by atoms with E-state index in [4.69, 9.17) is 14.8 Å². The molecule has 0 fully saturated rings. The second kappa shape index (κ2) is 45.0. The van der Waals surface area contributed by atoms with Crippen LogP contribution in [0.2, 0.25) is 0 Å². The summed E-state index contributed by atoms with van der Waals surface area (Å²) in [6.07, 6.45) is 49.8. The van der Waals surface area contributed by atoms with E-state index in [1.54, 1.807) is 6.08 Å². The maximum absolute atomic E-state index is 12.9. The lowest BCUT2D eigenvalue weighted by molar-refractivity contribution is -0.124. The molecule has 6 N–H and O–H groups in total. The predicted octanol–water partition coefficient (Wildman–Crippen LogP) is 13.5. The molecule has 0 aliphatic carbocycles. The van der Waals surface area contributed by atoms with Gasteiger partial charge in [-0.25, -0.2) is 4.57 Å². The van der Waals surface area contributed by atoms with Crippen LogP contribution in [-0.2, 0) is 18.4 Å². The molecular formula is C49H97N2O7P. The number of carbonyl (C=O) groups is 1. The summed E-state index contributed by atoms with van der Waals surface area (Å²) in [7, 11) is -4.40. The van der Waals surface area contributed by atoms with Crippen molar-refractivity contribution in [3.05, 3.63) is 24.3 Å². The van der Waals surface area contributed by atoms with E-state index in [1.165, 1.54) is 167 Å². The monoisotopic (exact) mass is 857 g/mol. The molecule has 1 amide bonds. The number of aliphatic hydroxyl groups excluding tert-OH is 2. The average molecular weight is 857 g/mol. The summed E-state index contributed by atoms with van der Waals surface area (Å²) in [5, 5.41) is 24.1. The van der Waals surface area contributed by atoms with Crippen LogP contribution in [0.5, 0.6) is 0 Å². The molecule has 0 saturated heterocycles. The summed E-state index contributed by atoms with van der Waals surface area (Å²) in [4.78, 5) is 22.8. The quantitative estimate of drug-likeness (QED) is 0.0230. The molecule has 10 heteroatoms.